The number of sulfonamides is 1. The van der Waals surface area contributed by atoms with Gasteiger partial charge in [0.05, 0.1) is 11.5 Å². The van der Waals surface area contributed by atoms with Gasteiger partial charge < -0.3 is 5.11 Å². The van der Waals surface area contributed by atoms with Gasteiger partial charge in [-0.2, -0.15) is 4.31 Å². The minimum absolute atomic E-state index is 0.0215. The van der Waals surface area contributed by atoms with Crippen molar-refractivity contribution in [3.63, 3.8) is 0 Å². The van der Waals surface area contributed by atoms with Crippen LogP contribution in [0.5, 0.6) is 0 Å². The zero-order chi connectivity index (χ0) is 14.9. The summed E-state index contributed by atoms with van der Waals surface area (Å²) in [5.41, 5.74) is 0.691. The number of piperidine rings is 1. The molecule has 6 heteroatoms. The Bertz CT molecular complexity index is 588. The third-order valence-corrected chi connectivity index (χ3v) is 6.83. The Hall–Kier alpha value is -0.430. The molecule has 2 atom stereocenters. The van der Waals surface area contributed by atoms with Crippen LogP contribution in [-0.4, -0.2) is 30.4 Å². The van der Waals surface area contributed by atoms with Crippen LogP contribution in [0.1, 0.15) is 32.3 Å². The summed E-state index contributed by atoms with van der Waals surface area (Å²) < 4.78 is 27.6. The molecule has 1 aliphatic heterocycles. The van der Waals surface area contributed by atoms with Crippen molar-refractivity contribution in [2.24, 2.45) is 5.92 Å². The fraction of sp³-hybridized carbons (Fsp3) is 0.571. The van der Waals surface area contributed by atoms with Crippen LogP contribution >= 0.6 is 15.9 Å². The number of hydrogen-bond acceptors (Lipinski definition) is 3. The minimum Gasteiger partial charge on any atom is -0.392 e. The van der Waals surface area contributed by atoms with Gasteiger partial charge in [0.1, 0.15) is 0 Å². The van der Waals surface area contributed by atoms with Crippen LogP contribution in [0, 0.1) is 5.92 Å². The lowest BCUT2D eigenvalue weighted by Gasteiger charge is -2.35. The van der Waals surface area contributed by atoms with Crippen molar-refractivity contribution in [1.29, 1.82) is 0 Å². The molecule has 1 heterocycles. The summed E-state index contributed by atoms with van der Waals surface area (Å²) in [5, 5.41) is 9.09. The third-order valence-electron chi connectivity index (χ3n) is 3.84. The Kier molecular flexibility index (Phi) is 4.89. The molecule has 0 spiro atoms. The van der Waals surface area contributed by atoms with Crippen molar-refractivity contribution in [2.45, 2.75) is 44.2 Å². The monoisotopic (exact) mass is 361 g/mol. The molecule has 20 heavy (non-hydrogen) atoms. The lowest BCUT2D eigenvalue weighted by molar-refractivity contribution is 0.220. The van der Waals surface area contributed by atoms with E-state index in [1.54, 1.807) is 22.5 Å². The standard InChI is InChI=1S/C14H20BrNO3S/c1-10-5-6-16(11(2)7-10)20(18,19)14-4-3-12(9-17)8-13(14)15/h3-4,8,10-11,17H,5-7,9H2,1-2H3. The number of benzene rings is 1. The fourth-order valence-corrected chi connectivity index (χ4v) is 5.46. The van der Waals surface area contributed by atoms with E-state index >= 15 is 0 Å². The second-order valence-corrected chi connectivity index (χ2v) is 8.23. The van der Waals surface area contributed by atoms with Crippen LogP contribution in [0.15, 0.2) is 27.6 Å². The van der Waals surface area contributed by atoms with Crippen molar-refractivity contribution in [1.82, 2.24) is 4.31 Å². The summed E-state index contributed by atoms with van der Waals surface area (Å²) in [6.07, 6.45) is 1.79. The molecule has 2 rings (SSSR count). The van der Waals surface area contributed by atoms with Gasteiger partial charge >= 0.3 is 0 Å². The molecule has 4 nitrogen and oxygen atoms in total. The van der Waals surface area contributed by atoms with Gasteiger partial charge in [-0.15, -0.1) is 0 Å². The van der Waals surface area contributed by atoms with Crippen LogP contribution in [0.2, 0.25) is 0 Å². The Morgan fingerprint density at radius 2 is 2.10 bits per heavy atom. The van der Waals surface area contributed by atoms with E-state index in [0.717, 1.165) is 12.8 Å². The largest absolute Gasteiger partial charge is 0.392 e. The maximum absolute atomic E-state index is 12.8. The van der Waals surface area contributed by atoms with Crippen molar-refractivity contribution in [2.75, 3.05) is 6.54 Å². The molecule has 1 aliphatic rings. The predicted molar refractivity (Wildman–Crippen MR) is 81.8 cm³/mol. The van der Waals surface area contributed by atoms with E-state index in [1.807, 2.05) is 6.92 Å². The molecule has 0 amide bonds. The molecule has 0 saturated carbocycles. The zero-order valence-corrected chi connectivity index (χ0v) is 14.1. The average Bonchev–Trinajstić information content (AvgIpc) is 2.37. The first-order chi connectivity index (χ1) is 9.36. The fourth-order valence-electron chi connectivity index (χ4n) is 2.72. The molecular weight excluding hydrogens is 342 g/mol. The molecule has 1 N–H and O–H groups in total. The molecule has 112 valence electrons. The van der Waals surface area contributed by atoms with Gasteiger partial charge in [0.25, 0.3) is 0 Å². The first-order valence-corrected chi connectivity index (χ1v) is 9.00. The Morgan fingerprint density at radius 1 is 1.40 bits per heavy atom. The van der Waals surface area contributed by atoms with Gasteiger partial charge in [0, 0.05) is 17.1 Å². The van der Waals surface area contributed by atoms with E-state index in [4.69, 9.17) is 5.11 Å². The second-order valence-electron chi connectivity index (χ2n) is 5.52. The first-order valence-electron chi connectivity index (χ1n) is 6.77. The van der Waals surface area contributed by atoms with E-state index in [1.165, 1.54) is 0 Å². The average molecular weight is 362 g/mol. The van der Waals surface area contributed by atoms with Crippen LogP contribution in [0.4, 0.5) is 0 Å². The molecule has 0 radical (unpaired) electrons. The molecule has 1 aromatic carbocycles. The number of hydrogen-bond donors (Lipinski definition) is 1. The summed E-state index contributed by atoms with van der Waals surface area (Å²) >= 11 is 3.31. The highest BCUT2D eigenvalue weighted by atomic mass is 79.9. The topological polar surface area (TPSA) is 57.6 Å². The van der Waals surface area contributed by atoms with E-state index < -0.39 is 10.0 Å². The molecular formula is C14H20BrNO3S. The van der Waals surface area contributed by atoms with E-state index in [-0.39, 0.29) is 17.5 Å². The van der Waals surface area contributed by atoms with Gasteiger partial charge in [0.2, 0.25) is 10.0 Å². The molecule has 2 unspecified atom stereocenters. The highest BCUT2D eigenvalue weighted by Crippen LogP contribution is 2.31. The predicted octanol–water partition coefficient (Wildman–Crippen LogP) is 2.75. The Balaban J connectivity index is 2.35. The number of aliphatic hydroxyl groups is 1. The lowest BCUT2D eigenvalue weighted by Crippen LogP contribution is -2.44. The van der Waals surface area contributed by atoms with Crippen molar-refractivity contribution in [3.8, 4) is 0 Å². The van der Waals surface area contributed by atoms with Gasteiger partial charge in [-0.1, -0.05) is 13.0 Å². The first kappa shape index (κ1) is 15.9. The molecule has 1 aromatic rings. The minimum atomic E-state index is -3.49. The molecule has 0 bridgehead atoms. The smallest absolute Gasteiger partial charge is 0.244 e. The summed E-state index contributed by atoms with van der Waals surface area (Å²) in [6, 6.07) is 4.89. The summed E-state index contributed by atoms with van der Waals surface area (Å²) in [7, 11) is -3.49. The van der Waals surface area contributed by atoms with E-state index in [9.17, 15) is 8.42 Å². The van der Waals surface area contributed by atoms with E-state index in [0.29, 0.717) is 22.5 Å². The number of nitrogens with zero attached hydrogens (tertiary/aromatic N) is 1. The van der Waals surface area contributed by atoms with Crippen LogP contribution < -0.4 is 0 Å². The van der Waals surface area contributed by atoms with Gasteiger partial charge in [-0.25, -0.2) is 8.42 Å². The highest BCUT2D eigenvalue weighted by Gasteiger charge is 2.34. The second kappa shape index (κ2) is 6.13. The normalized spacial score (nSPS) is 24.8. The van der Waals surface area contributed by atoms with Gasteiger partial charge in [-0.05, 0) is 59.3 Å². The van der Waals surface area contributed by atoms with Gasteiger partial charge in [0.15, 0.2) is 0 Å². The van der Waals surface area contributed by atoms with Crippen LogP contribution in [-0.2, 0) is 16.6 Å². The molecule has 0 aliphatic carbocycles. The van der Waals surface area contributed by atoms with Crippen LogP contribution in [0.25, 0.3) is 0 Å². The maximum atomic E-state index is 12.8. The van der Waals surface area contributed by atoms with Crippen LogP contribution in [0.3, 0.4) is 0 Å². The molecule has 1 saturated heterocycles. The lowest BCUT2D eigenvalue weighted by atomic mass is 9.95. The summed E-state index contributed by atoms with van der Waals surface area (Å²) in [6.45, 7) is 4.59. The zero-order valence-electron chi connectivity index (χ0n) is 11.7. The maximum Gasteiger partial charge on any atom is 0.244 e. The Labute approximate surface area is 129 Å². The molecule has 1 fully saturated rings. The van der Waals surface area contributed by atoms with Crippen molar-refractivity contribution >= 4 is 26.0 Å². The van der Waals surface area contributed by atoms with Crippen molar-refractivity contribution in [3.05, 3.63) is 28.2 Å². The van der Waals surface area contributed by atoms with E-state index in [2.05, 4.69) is 22.9 Å². The third kappa shape index (κ3) is 3.08. The summed E-state index contributed by atoms with van der Waals surface area (Å²) in [5.74, 6) is 0.566. The SMILES string of the molecule is CC1CCN(S(=O)(=O)c2ccc(CO)cc2Br)C(C)C1. The molecule has 0 aromatic heterocycles. The number of halogens is 1. The summed E-state index contributed by atoms with van der Waals surface area (Å²) in [4.78, 5) is 0.274. The van der Waals surface area contributed by atoms with Crippen molar-refractivity contribution < 1.29 is 13.5 Å². The van der Waals surface area contributed by atoms with Gasteiger partial charge in [-0.3, -0.25) is 0 Å². The highest BCUT2D eigenvalue weighted by molar-refractivity contribution is 9.10. The Morgan fingerprint density at radius 3 is 2.65 bits per heavy atom. The number of rotatable bonds is 3. The quantitative estimate of drug-likeness (QED) is 0.900. The number of aliphatic hydroxyl groups excluding tert-OH is 1.